The molecular weight excluding hydrogens is 334 g/mol. The SMILES string of the molecule is COc1cc(C=CC(=O)c2ccc(N(C)C)cc2)ccc1OCC(=O)O. The lowest BCUT2D eigenvalue weighted by Crippen LogP contribution is -2.10. The summed E-state index contributed by atoms with van der Waals surface area (Å²) in [4.78, 5) is 24.8. The molecule has 0 spiro atoms. The summed E-state index contributed by atoms with van der Waals surface area (Å²) in [5, 5.41) is 8.68. The van der Waals surface area contributed by atoms with E-state index in [0.29, 0.717) is 17.1 Å². The van der Waals surface area contributed by atoms with E-state index < -0.39 is 12.6 Å². The molecule has 1 N–H and O–H groups in total. The second-order valence-electron chi connectivity index (χ2n) is 5.73. The van der Waals surface area contributed by atoms with Crippen molar-refractivity contribution in [2.24, 2.45) is 0 Å². The quantitative estimate of drug-likeness (QED) is 0.579. The highest BCUT2D eigenvalue weighted by Crippen LogP contribution is 2.28. The molecule has 0 unspecified atom stereocenters. The molecule has 0 saturated carbocycles. The number of carboxylic acids is 1. The van der Waals surface area contributed by atoms with Crippen LogP contribution in [0.2, 0.25) is 0 Å². The van der Waals surface area contributed by atoms with E-state index in [1.165, 1.54) is 13.2 Å². The molecule has 0 fully saturated rings. The number of ether oxygens (including phenoxy) is 2. The van der Waals surface area contributed by atoms with Gasteiger partial charge in [-0.2, -0.15) is 0 Å². The molecule has 6 heteroatoms. The molecule has 136 valence electrons. The number of rotatable bonds is 8. The molecule has 0 atom stereocenters. The van der Waals surface area contributed by atoms with Crippen LogP contribution in [-0.2, 0) is 4.79 Å². The first kappa shape index (κ1) is 19.1. The minimum atomic E-state index is -1.07. The van der Waals surface area contributed by atoms with Crippen molar-refractivity contribution in [2.75, 3.05) is 32.7 Å². The molecule has 2 aromatic rings. The van der Waals surface area contributed by atoms with E-state index in [-0.39, 0.29) is 5.78 Å². The molecule has 0 bridgehead atoms. The van der Waals surface area contributed by atoms with Gasteiger partial charge in [0, 0.05) is 25.3 Å². The van der Waals surface area contributed by atoms with Gasteiger partial charge in [-0.15, -0.1) is 0 Å². The number of allylic oxidation sites excluding steroid dienone is 1. The van der Waals surface area contributed by atoms with Crippen LogP contribution in [0.15, 0.2) is 48.5 Å². The summed E-state index contributed by atoms with van der Waals surface area (Å²) in [7, 11) is 5.34. The summed E-state index contributed by atoms with van der Waals surface area (Å²) in [5.74, 6) is -0.448. The first-order valence-corrected chi connectivity index (χ1v) is 7.93. The van der Waals surface area contributed by atoms with Gasteiger partial charge in [0.1, 0.15) is 0 Å². The van der Waals surface area contributed by atoms with Crippen LogP contribution in [0.3, 0.4) is 0 Å². The van der Waals surface area contributed by atoms with Crippen molar-refractivity contribution < 1.29 is 24.2 Å². The third-order valence-corrected chi connectivity index (χ3v) is 3.63. The van der Waals surface area contributed by atoms with E-state index in [1.807, 2.05) is 31.1 Å². The van der Waals surface area contributed by atoms with Crippen molar-refractivity contribution in [3.8, 4) is 11.5 Å². The van der Waals surface area contributed by atoms with E-state index in [0.717, 1.165) is 11.3 Å². The van der Waals surface area contributed by atoms with Crippen LogP contribution in [0.25, 0.3) is 6.08 Å². The van der Waals surface area contributed by atoms with Crippen LogP contribution < -0.4 is 14.4 Å². The number of nitrogens with zero attached hydrogens (tertiary/aromatic N) is 1. The van der Waals surface area contributed by atoms with Gasteiger partial charge in [-0.3, -0.25) is 4.79 Å². The molecule has 0 aliphatic carbocycles. The van der Waals surface area contributed by atoms with Crippen LogP contribution in [0.4, 0.5) is 5.69 Å². The van der Waals surface area contributed by atoms with Gasteiger partial charge in [0.05, 0.1) is 7.11 Å². The fraction of sp³-hybridized carbons (Fsp3) is 0.200. The molecule has 0 aromatic heterocycles. The smallest absolute Gasteiger partial charge is 0.341 e. The third-order valence-electron chi connectivity index (χ3n) is 3.63. The number of ketones is 1. The second-order valence-corrected chi connectivity index (χ2v) is 5.73. The Morgan fingerprint density at radius 3 is 2.35 bits per heavy atom. The van der Waals surface area contributed by atoms with Gasteiger partial charge in [0.2, 0.25) is 0 Å². The van der Waals surface area contributed by atoms with E-state index in [2.05, 4.69) is 0 Å². The molecule has 0 aliphatic heterocycles. The Hall–Kier alpha value is -3.28. The van der Waals surface area contributed by atoms with Crippen LogP contribution in [-0.4, -0.2) is 44.7 Å². The summed E-state index contributed by atoms with van der Waals surface area (Å²) in [5.41, 5.74) is 2.36. The number of aliphatic carboxylic acids is 1. The molecule has 0 heterocycles. The molecule has 26 heavy (non-hydrogen) atoms. The molecule has 0 amide bonds. The van der Waals surface area contributed by atoms with Gasteiger partial charge < -0.3 is 19.5 Å². The van der Waals surface area contributed by atoms with Crippen molar-refractivity contribution >= 4 is 23.5 Å². The van der Waals surface area contributed by atoms with Gasteiger partial charge in [-0.1, -0.05) is 12.1 Å². The summed E-state index contributed by atoms with van der Waals surface area (Å²) < 4.78 is 10.4. The Balaban J connectivity index is 2.11. The topological polar surface area (TPSA) is 76.1 Å². The molecule has 6 nitrogen and oxygen atoms in total. The van der Waals surface area contributed by atoms with Crippen LogP contribution >= 0.6 is 0 Å². The highest BCUT2D eigenvalue weighted by molar-refractivity contribution is 6.07. The van der Waals surface area contributed by atoms with E-state index in [9.17, 15) is 9.59 Å². The van der Waals surface area contributed by atoms with Gasteiger partial charge in [0.25, 0.3) is 0 Å². The molecule has 0 aliphatic rings. The van der Waals surface area contributed by atoms with Gasteiger partial charge in [-0.25, -0.2) is 4.79 Å². The maximum atomic E-state index is 12.3. The fourth-order valence-electron chi connectivity index (χ4n) is 2.24. The number of benzene rings is 2. The minimum Gasteiger partial charge on any atom is -0.493 e. The Labute approximate surface area is 152 Å². The summed E-state index contributed by atoms with van der Waals surface area (Å²) in [6.07, 6.45) is 3.16. The number of carbonyl (C=O) groups excluding carboxylic acids is 1. The number of hydrogen-bond donors (Lipinski definition) is 1. The highest BCUT2D eigenvalue weighted by atomic mass is 16.5. The number of methoxy groups -OCH3 is 1. The predicted octanol–water partition coefficient (Wildman–Crippen LogP) is 3.12. The lowest BCUT2D eigenvalue weighted by atomic mass is 10.1. The fourth-order valence-corrected chi connectivity index (χ4v) is 2.24. The summed E-state index contributed by atoms with van der Waals surface area (Å²) in [6.45, 7) is -0.451. The van der Waals surface area contributed by atoms with E-state index in [1.54, 1.807) is 36.4 Å². The summed E-state index contributed by atoms with van der Waals surface area (Å²) >= 11 is 0. The normalized spacial score (nSPS) is 10.6. The van der Waals surface area contributed by atoms with Crippen molar-refractivity contribution in [1.29, 1.82) is 0 Å². The molecular formula is C20H21NO5. The number of carboxylic acid groups (broad SMARTS) is 1. The minimum absolute atomic E-state index is 0.111. The Morgan fingerprint density at radius 2 is 1.77 bits per heavy atom. The van der Waals surface area contributed by atoms with Crippen LogP contribution in [0.1, 0.15) is 15.9 Å². The average Bonchev–Trinajstić information content (AvgIpc) is 2.64. The number of anilines is 1. The molecule has 0 saturated heterocycles. The first-order chi connectivity index (χ1) is 12.4. The monoisotopic (exact) mass is 355 g/mol. The average molecular weight is 355 g/mol. The van der Waals surface area contributed by atoms with Crippen molar-refractivity contribution in [2.45, 2.75) is 0 Å². The number of carbonyl (C=O) groups is 2. The van der Waals surface area contributed by atoms with Gasteiger partial charge >= 0.3 is 5.97 Å². The lowest BCUT2D eigenvalue weighted by Gasteiger charge is -2.12. The zero-order chi connectivity index (χ0) is 19.1. The maximum absolute atomic E-state index is 12.3. The molecule has 2 aromatic carbocycles. The lowest BCUT2D eigenvalue weighted by molar-refractivity contribution is -0.139. The van der Waals surface area contributed by atoms with Crippen molar-refractivity contribution in [3.63, 3.8) is 0 Å². The Morgan fingerprint density at radius 1 is 1.08 bits per heavy atom. The van der Waals surface area contributed by atoms with Crippen LogP contribution in [0.5, 0.6) is 11.5 Å². The van der Waals surface area contributed by atoms with Crippen LogP contribution in [0, 0.1) is 0 Å². The molecule has 2 rings (SSSR count). The maximum Gasteiger partial charge on any atom is 0.341 e. The first-order valence-electron chi connectivity index (χ1n) is 7.93. The Kier molecular flexibility index (Phi) is 6.38. The molecule has 0 radical (unpaired) electrons. The third kappa shape index (κ3) is 5.11. The van der Waals surface area contributed by atoms with E-state index >= 15 is 0 Å². The van der Waals surface area contributed by atoms with Gasteiger partial charge in [-0.05, 0) is 48.0 Å². The van der Waals surface area contributed by atoms with Crippen molar-refractivity contribution in [1.82, 2.24) is 0 Å². The summed E-state index contributed by atoms with van der Waals surface area (Å²) in [6, 6.07) is 12.3. The Bertz CT molecular complexity index is 809. The highest BCUT2D eigenvalue weighted by Gasteiger charge is 2.08. The zero-order valence-electron chi connectivity index (χ0n) is 14.9. The standard InChI is InChI=1S/C20H21NO5/c1-21(2)16-8-6-15(7-9-16)17(22)10-4-14-5-11-18(19(12-14)25-3)26-13-20(23)24/h4-12H,13H2,1-3H3,(H,23,24). The van der Waals surface area contributed by atoms with Crippen molar-refractivity contribution in [3.05, 3.63) is 59.7 Å². The predicted molar refractivity (Wildman–Crippen MR) is 100 cm³/mol. The second kappa shape index (κ2) is 8.71. The number of hydrogen-bond acceptors (Lipinski definition) is 5. The van der Waals surface area contributed by atoms with Gasteiger partial charge in [0.15, 0.2) is 23.9 Å². The largest absolute Gasteiger partial charge is 0.493 e. The zero-order valence-corrected chi connectivity index (χ0v) is 14.9. The van der Waals surface area contributed by atoms with E-state index in [4.69, 9.17) is 14.6 Å².